The Bertz CT molecular complexity index is 1080. The lowest BCUT2D eigenvalue weighted by molar-refractivity contribution is 0.0724. The topological polar surface area (TPSA) is 50.1 Å². The van der Waals surface area contributed by atoms with Gasteiger partial charge in [0.1, 0.15) is 5.65 Å². The lowest BCUT2D eigenvalue weighted by Gasteiger charge is -2.29. The molecule has 0 saturated heterocycles. The van der Waals surface area contributed by atoms with E-state index in [1.165, 1.54) is 11.1 Å². The van der Waals surface area contributed by atoms with Crippen molar-refractivity contribution in [3.05, 3.63) is 70.1 Å². The molecule has 3 aromatic rings. The first kappa shape index (κ1) is 21.8. The van der Waals surface area contributed by atoms with E-state index in [1.807, 2.05) is 33.7 Å². The number of amides is 1. The number of nitrogens with zero attached hydrogens (tertiary/aromatic N) is 4. The van der Waals surface area contributed by atoms with E-state index in [-0.39, 0.29) is 5.91 Å². The first-order chi connectivity index (χ1) is 15.0. The Hall–Kier alpha value is -2.41. The van der Waals surface area contributed by atoms with Crippen molar-refractivity contribution in [1.82, 2.24) is 19.2 Å². The van der Waals surface area contributed by atoms with E-state index >= 15 is 0 Å². The van der Waals surface area contributed by atoms with Crippen molar-refractivity contribution < 1.29 is 9.53 Å². The van der Waals surface area contributed by atoms with E-state index in [0.717, 1.165) is 24.3 Å². The molecule has 0 aliphatic carbocycles. The molecule has 1 aromatic carbocycles. The van der Waals surface area contributed by atoms with Crippen molar-refractivity contribution in [2.45, 2.75) is 39.4 Å². The summed E-state index contributed by atoms with van der Waals surface area (Å²) in [5, 5.41) is 0.616. The third-order valence-corrected chi connectivity index (χ3v) is 6.19. The van der Waals surface area contributed by atoms with Crippen LogP contribution in [-0.4, -0.2) is 57.9 Å². The first-order valence-electron chi connectivity index (χ1n) is 10.7. The average Bonchev–Trinajstić information content (AvgIpc) is 3.12. The number of rotatable bonds is 7. The minimum Gasteiger partial charge on any atom is -0.383 e. The third kappa shape index (κ3) is 4.61. The predicted octanol–water partition coefficient (Wildman–Crippen LogP) is 4.04. The molecule has 3 heterocycles. The largest absolute Gasteiger partial charge is 0.383 e. The fraction of sp³-hybridized carbons (Fsp3) is 0.417. The highest BCUT2D eigenvalue weighted by Crippen LogP contribution is 2.24. The summed E-state index contributed by atoms with van der Waals surface area (Å²) in [6, 6.07) is 12.3. The van der Waals surface area contributed by atoms with Crippen LogP contribution >= 0.6 is 11.6 Å². The van der Waals surface area contributed by atoms with Crippen molar-refractivity contribution in [1.29, 1.82) is 0 Å². The van der Waals surface area contributed by atoms with Crippen LogP contribution in [0.1, 0.15) is 41.2 Å². The average molecular weight is 441 g/mol. The van der Waals surface area contributed by atoms with E-state index in [0.29, 0.717) is 43.0 Å². The number of carbonyl (C=O) groups excluding carboxylic acids is 1. The van der Waals surface area contributed by atoms with Gasteiger partial charge in [0.25, 0.3) is 5.91 Å². The second-order valence-electron chi connectivity index (χ2n) is 8.29. The highest BCUT2D eigenvalue weighted by atomic mass is 35.5. The number of pyridine rings is 1. The van der Waals surface area contributed by atoms with Gasteiger partial charge in [0.2, 0.25) is 0 Å². The number of carbonyl (C=O) groups is 1. The van der Waals surface area contributed by atoms with E-state index in [9.17, 15) is 4.79 Å². The minimum atomic E-state index is -0.0280. The molecule has 0 atom stereocenters. The lowest BCUT2D eigenvalue weighted by atomic mass is 9.99. The number of benzene rings is 1. The number of fused-ring (bicyclic) bond motifs is 2. The third-order valence-electron chi connectivity index (χ3n) is 5.97. The summed E-state index contributed by atoms with van der Waals surface area (Å²) in [7, 11) is 1.70. The molecule has 0 unspecified atom stereocenters. The monoisotopic (exact) mass is 440 g/mol. The van der Waals surface area contributed by atoms with Crippen LogP contribution in [0.4, 0.5) is 0 Å². The Balaban J connectivity index is 1.70. The maximum atomic E-state index is 13.6. The Kier molecular flexibility index (Phi) is 6.60. The van der Waals surface area contributed by atoms with E-state index in [1.54, 1.807) is 7.11 Å². The molecule has 0 fully saturated rings. The number of aromatic nitrogens is 2. The molecule has 2 aromatic heterocycles. The van der Waals surface area contributed by atoms with Gasteiger partial charge in [0.15, 0.2) is 5.69 Å². The molecule has 0 bridgehead atoms. The van der Waals surface area contributed by atoms with Crippen LogP contribution in [0.15, 0.2) is 42.6 Å². The van der Waals surface area contributed by atoms with Crippen molar-refractivity contribution in [2.75, 3.05) is 26.8 Å². The van der Waals surface area contributed by atoms with Crippen LogP contribution in [0.25, 0.3) is 5.65 Å². The summed E-state index contributed by atoms with van der Waals surface area (Å²) >= 11 is 6.29. The SMILES string of the molecule is COCCN(Cc1c(C(=O)N2CCc3ccccc3C2)nc2ccc(Cl)cn12)C(C)C. The summed E-state index contributed by atoms with van der Waals surface area (Å²) in [6.07, 6.45) is 2.71. The zero-order valence-electron chi connectivity index (χ0n) is 18.3. The summed E-state index contributed by atoms with van der Waals surface area (Å²) in [5.41, 5.74) is 4.63. The first-order valence-corrected chi connectivity index (χ1v) is 11.1. The predicted molar refractivity (Wildman–Crippen MR) is 123 cm³/mol. The van der Waals surface area contributed by atoms with Crippen LogP contribution in [-0.2, 0) is 24.2 Å². The number of hydrogen-bond acceptors (Lipinski definition) is 4. The standard InChI is InChI=1S/C24H29ClN4O2/c1-17(2)27(12-13-31-3)16-21-23(26-22-9-8-20(25)15-29(21)22)24(30)28-11-10-18-6-4-5-7-19(18)14-28/h4-9,15,17H,10-14,16H2,1-3H3. The van der Waals surface area contributed by atoms with Crippen molar-refractivity contribution >= 4 is 23.2 Å². The quantitative estimate of drug-likeness (QED) is 0.556. The Morgan fingerprint density at radius 3 is 2.74 bits per heavy atom. The van der Waals surface area contributed by atoms with Crippen LogP contribution in [0.3, 0.4) is 0 Å². The van der Waals surface area contributed by atoms with E-state index in [4.69, 9.17) is 21.3 Å². The van der Waals surface area contributed by atoms with Crippen molar-refractivity contribution in [2.24, 2.45) is 0 Å². The Morgan fingerprint density at radius 1 is 1.23 bits per heavy atom. The Labute approximate surface area is 188 Å². The summed E-state index contributed by atoms with van der Waals surface area (Å²) in [5.74, 6) is -0.0280. The second-order valence-corrected chi connectivity index (χ2v) is 8.72. The van der Waals surface area contributed by atoms with E-state index < -0.39 is 0 Å². The van der Waals surface area contributed by atoms with Gasteiger partial charge in [-0.15, -0.1) is 0 Å². The Morgan fingerprint density at radius 2 is 2.00 bits per heavy atom. The molecule has 1 aliphatic rings. The smallest absolute Gasteiger partial charge is 0.274 e. The molecule has 7 heteroatoms. The molecular weight excluding hydrogens is 412 g/mol. The van der Waals surface area contributed by atoms with Gasteiger partial charge >= 0.3 is 0 Å². The highest BCUT2D eigenvalue weighted by molar-refractivity contribution is 6.30. The van der Waals surface area contributed by atoms with Crippen molar-refractivity contribution in [3.8, 4) is 0 Å². The van der Waals surface area contributed by atoms with Gasteiger partial charge < -0.3 is 14.0 Å². The molecule has 164 valence electrons. The fourth-order valence-corrected chi connectivity index (χ4v) is 4.29. The number of methoxy groups -OCH3 is 1. The van der Waals surface area contributed by atoms with Gasteiger partial charge in [-0.05, 0) is 43.5 Å². The normalized spacial score (nSPS) is 13.9. The van der Waals surface area contributed by atoms with Crippen LogP contribution in [0, 0.1) is 0 Å². The zero-order chi connectivity index (χ0) is 22.0. The fourth-order valence-electron chi connectivity index (χ4n) is 4.13. The van der Waals surface area contributed by atoms with Gasteiger partial charge in [-0.2, -0.15) is 0 Å². The summed E-state index contributed by atoms with van der Waals surface area (Å²) < 4.78 is 7.25. The number of halogens is 1. The van der Waals surface area contributed by atoms with Crippen LogP contribution < -0.4 is 0 Å². The van der Waals surface area contributed by atoms with Crippen LogP contribution in [0.2, 0.25) is 5.02 Å². The molecule has 0 saturated carbocycles. The number of ether oxygens (including phenoxy) is 1. The van der Waals surface area contributed by atoms with Crippen molar-refractivity contribution in [3.63, 3.8) is 0 Å². The second kappa shape index (κ2) is 9.39. The molecule has 4 rings (SSSR count). The van der Waals surface area contributed by atoms with Gasteiger partial charge in [-0.25, -0.2) is 4.98 Å². The molecule has 0 radical (unpaired) electrons. The maximum Gasteiger partial charge on any atom is 0.274 e. The molecule has 31 heavy (non-hydrogen) atoms. The van der Waals surface area contributed by atoms with Gasteiger partial charge in [0.05, 0.1) is 17.3 Å². The van der Waals surface area contributed by atoms with Crippen LogP contribution in [0.5, 0.6) is 0 Å². The molecular formula is C24H29ClN4O2. The summed E-state index contributed by atoms with van der Waals surface area (Å²) in [6.45, 7) is 7.59. The summed E-state index contributed by atoms with van der Waals surface area (Å²) in [4.78, 5) is 22.6. The zero-order valence-corrected chi connectivity index (χ0v) is 19.1. The van der Waals surface area contributed by atoms with Gasteiger partial charge in [-0.3, -0.25) is 9.69 Å². The number of hydrogen-bond donors (Lipinski definition) is 0. The molecule has 0 spiro atoms. The lowest BCUT2D eigenvalue weighted by Crippen LogP contribution is -2.38. The van der Waals surface area contributed by atoms with Gasteiger partial charge in [-0.1, -0.05) is 35.9 Å². The number of imidazole rings is 1. The van der Waals surface area contributed by atoms with Gasteiger partial charge in [0, 0.05) is 45.5 Å². The molecule has 0 N–H and O–H groups in total. The van der Waals surface area contributed by atoms with E-state index in [2.05, 4.69) is 36.9 Å². The maximum absolute atomic E-state index is 13.6. The highest BCUT2D eigenvalue weighted by Gasteiger charge is 2.28. The molecule has 1 aliphatic heterocycles. The minimum absolute atomic E-state index is 0.0280. The molecule has 6 nitrogen and oxygen atoms in total. The molecule has 1 amide bonds.